The summed E-state index contributed by atoms with van der Waals surface area (Å²) in [6.45, 7) is 3.12. The number of hydrogen-bond donors (Lipinski definition) is 2. The van der Waals surface area contributed by atoms with Crippen LogP contribution in [0.2, 0.25) is 0 Å². The largest absolute Gasteiger partial charge is 0.497 e. The predicted molar refractivity (Wildman–Crippen MR) is 86.2 cm³/mol. The average Bonchev–Trinajstić information content (AvgIpc) is 2.47. The van der Waals surface area contributed by atoms with Gasteiger partial charge >= 0.3 is 0 Å². The molecular weight excluding hydrogens is 292 g/mol. The summed E-state index contributed by atoms with van der Waals surface area (Å²) in [5.41, 5.74) is 5.71. The Morgan fingerprint density at radius 1 is 1.38 bits per heavy atom. The van der Waals surface area contributed by atoms with Gasteiger partial charge in [-0.2, -0.15) is 0 Å². The third-order valence-electron chi connectivity index (χ3n) is 2.87. The highest BCUT2D eigenvalue weighted by atomic mass is 35.5. The summed E-state index contributed by atoms with van der Waals surface area (Å²) in [6.07, 6.45) is 2.36. The Bertz CT molecular complexity index is 416. The minimum atomic E-state index is -0.403. The zero-order valence-corrected chi connectivity index (χ0v) is 13.4. The molecule has 0 fully saturated rings. The minimum absolute atomic E-state index is 0. The predicted octanol–water partition coefficient (Wildman–Crippen LogP) is 2.13. The number of rotatable bonds is 9. The fourth-order valence-corrected chi connectivity index (χ4v) is 1.74. The van der Waals surface area contributed by atoms with Crippen molar-refractivity contribution in [2.45, 2.75) is 32.2 Å². The highest BCUT2D eigenvalue weighted by Crippen LogP contribution is 2.18. The molecule has 0 aromatic heterocycles. The van der Waals surface area contributed by atoms with Crippen molar-refractivity contribution < 1.29 is 14.3 Å². The van der Waals surface area contributed by atoms with E-state index in [1.165, 1.54) is 0 Å². The molecule has 0 saturated heterocycles. The Labute approximate surface area is 132 Å². The summed E-state index contributed by atoms with van der Waals surface area (Å²) in [7, 11) is 1.62. The van der Waals surface area contributed by atoms with Crippen molar-refractivity contribution in [1.29, 1.82) is 0 Å². The van der Waals surface area contributed by atoms with Crippen LogP contribution in [-0.4, -0.2) is 32.2 Å². The van der Waals surface area contributed by atoms with E-state index in [9.17, 15) is 4.79 Å². The van der Waals surface area contributed by atoms with Gasteiger partial charge in [-0.25, -0.2) is 0 Å². The van der Waals surface area contributed by atoms with Crippen LogP contribution in [0.25, 0.3) is 0 Å². The van der Waals surface area contributed by atoms with Crippen LogP contribution in [0.3, 0.4) is 0 Å². The second-order valence-electron chi connectivity index (χ2n) is 4.57. The molecule has 0 spiro atoms. The van der Waals surface area contributed by atoms with Gasteiger partial charge in [0, 0.05) is 12.6 Å². The summed E-state index contributed by atoms with van der Waals surface area (Å²) in [4.78, 5) is 11.6. The SMILES string of the molecule is CCCC(N)C(=O)NCCCOc1cccc(OC)c1.Cl. The van der Waals surface area contributed by atoms with Gasteiger partial charge in [-0.05, 0) is 25.0 Å². The number of ether oxygens (including phenoxy) is 2. The van der Waals surface area contributed by atoms with E-state index >= 15 is 0 Å². The van der Waals surface area contributed by atoms with Crippen LogP contribution in [0.1, 0.15) is 26.2 Å². The number of amides is 1. The third kappa shape index (κ3) is 7.78. The molecule has 0 aliphatic rings. The molecule has 0 aliphatic carbocycles. The Kier molecular flexibility index (Phi) is 10.4. The maximum Gasteiger partial charge on any atom is 0.236 e. The monoisotopic (exact) mass is 316 g/mol. The van der Waals surface area contributed by atoms with Crippen LogP contribution >= 0.6 is 12.4 Å². The van der Waals surface area contributed by atoms with Gasteiger partial charge in [0.1, 0.15) is 11.5 Å². The summed E-state index contributed by atoms with van der Waals surface area (Å²) in [6, 6.07) is 7.04. The molecule has 0 heterocycles. The lowest BCUT2D eigenvalue weighted by Crippen LogP contribution is -2.41. The van der Waals surface area contributed by atoms with E-state index < -0.39 is 6.04 Å². The number of carbonyl (C=O) groups is 1. The molecule has 120 valence electrons. The molecule has 1 unspecified atom stereocenters. The van der Waals surface area contributed by atoms with E-state index in [0.29, 0.717) is 19.6 Å². The van der Waals surface area contributed by atoms with Crippen molar-refractivity contribution in [1.82, 2.24) is 5.32 Å². The number of nitrogens with two attached hydrogens (primary N) is 1. The van der Waals surface area contributed by atoms with E-state index in [4.69, 9.17) is 15.2 Å². The highest BCUT2D eigenvalue weighted by molar-refractivity contribution is 5.85. The Hall–Kier alpha value is -1.46. The van der Waals surface area contributed by atoms with Gasteiger partial charge in [0.05, 0.1) is 19.8 Å². The fraction of sp³-hybridized carbons (Fsp3) is 0.533. The summed E-state index contributed by atoms with van der Waals surface area (Å²) in [5, 5.41) is 2.81. The van der Waals surface area contributed by atoms with Crippen LogP contribution < -0.4 is 20.5 Å². The van der Waals surface area contributed by atoms with Gasteiger partial charge in [-0.3, -0.25) is 4.79 Å². The first-order valence-electron chi connectivity index (χ1n) is 6.97. The number of methoxy groups -OCH3 is 1. The first-order chi connectivity index (χ1) is 9.67. The summed E-state index contributed by atoms with van der Waals surface area (Å²) < 4.78 is 10.7. The van der Waals surface area contributed by atoms with Gasteiger partial charge in [-0.1, -0.05) is 19.4 Å². The second kappa shape index (κ2) is 11.2. The van der Waals surface area contributed by atoms with Gasteiger partial charge in [-0.15, -0.1) is 12.4 Å². The number of nitrogens with one attached hydrogen (secondary N) is 1. The van der Waals surface area contributed by atoms with Crippen molar-refractivity contribution in [3.63, 3.8) is 0 Å². The van der Waals surface area contributed by atoms with Crippen LogP contribution in [-0.2, 0) is 4.79 Å². The Balaban J connectivity index is 0.00000400. The molecule has 0 radical (unpaired) electrons. The molecule has 1 rings (SSSR count). The van der Waals surface area contributed by atoms with Gasteiger partial charge in [0.2, 0.25) is 5.91 Å². The van der Waals surface area contributed by atoms with Crippen molar-refractivity contribution in [3.8, 4) is 11.5 Å². The van der Waals surface area contributed by atoms with Crippen molar-refractivity contribution in [2.75, 3.05) is 20.3 Å². The number of hydrogen-bond acceptors (Lipinski definition) is 4. The first kappa shape index (κ1) is 19.5. The first-order valence-corrected chi connectivity index (χ1v) is 6.97. The molecule has 21 heavy (non-hydrogen) atoms. The average molecular weight is 317 g/mol. The van der Waals surface area contributed by atoms with Crippen LogP contribution in [0.4, 0.5) is 0 Å². The number of benzene rings is 1. The van der Waals surface area contributed by atoms with E-state index in [1.807, 2.05) is 31.2 Å². The quantitative estimate of drug-likeness (QED) is 0.684. The molecule has 1 atom stereocenters. The number of halogens is 1. The minimum Gasteiger partial charge on any atom is -0.497 e. The van der Waals surface area contributed by atoms with Crippen molar-refractivity contribution in [2.24, 2.45) is 5.73 Å². The molecule has 1 aromatic rings. The molecule has 0 aliphatic heterocycles. The summed E-state index contributed by atoms with van der Waals surface area (Å²) in [5.74, 6) is 1.44. The lowest BCUT2D eigenvalue weighted by molar-refractivity contribution is -0.122. The van der Waals surface area contributed by atoms with Crippen LogP contribution in [0.15, 0.2) is 24.3 Å². The second-order valence-corrected chi connectivity index (χ2v) is 4.57. The van der Waals surface area contributed by atoms with E-state index in [1.54, 1.807) is 7.11 Å². The Morgan fingerprint density at radius 3 is 2.76 bits per heavy atom. The van der Waals surface area contributed by atoms with Gasteiger partial charge < -0.3 is 20.5 Å². The zero-order valence-electron chi connectivity index (χ0n) is 12.6. The van der Waals surface area contributed by atoms with Gasteiger partial charge in [0.15, 0.2) is 0 Å². The van der Waals surface area contributed by atoms with Crippen molar-refractivity contribution in [3.05, 3.63) is 24.3 Å². The maximum absolute atomic E-state index is 11.6. The fourth-order valence-electron chi connectivity index (χ4n) is 1.74. The van der Waals surface area contributed by atoms with Crippen LogP contribution in [0, 0.1) is 0 Å². The third-order valence-corrected chi connectivity index (χ3v) is 2.87. The molecule has 1 amide bonds. The smallest absolute Gasteiger partial charge is 0.236 e. The van der Waals surface area contributed by atoms with Crippen molar-refractivity contribution >= 4 is 18.3 Å². The number of carbonyl (C=O) groups excluding carboxylic acids is 1. The molecule has 6 heteroatoms. The lowest BCUT2D eigenvalue weighted by atomic mass is 10.2. The van der Waals surface area contributed by atoms with E-state index in [0.717, 1.165) is 24.3 Å². The normalized spacial score (nSPS) is 11.2. The van der Waals surface area contributed by atoms with E-state index in [2.05, 4.69) is 5.32 Å². The van der Waals surface area contributed by atoms with Gasteiger partial charge in [0.25, 0.3) is 0 Å². The standard InChI is InChI=1S/C15H24N2O3.ClH/c1-3-6-14(16)15(18)17-9-5-10-20-13-8-4-7-12(11-13)19-2;/h4,7-8,11,14H,3,5-6,9-10,16H2,1-2H3,(H,17,18);1H. The van der Waals surface area contributed by atoms with Crippen LogP contribution in [0.5, 0.6) is 11.5 Å². The molecule has 0 bridgehead atoms. The molecule has 1 aromatic carbocycles. The van der Waals surface area contributed by atoms with E-state index in [-0.39, 0.29) is 18.3 Å². The molecular formula is C15H25ClN2O3. The molecule has 5 nitrogen and oxygen atoms in total. The summed E-state index contributed by atoms with van der Waals surface area (Å²) >= 11 is 0. The Morgan fingerprint density at radius 2 is 2.10 bits per heavy atom. The topological polar surface area (TPSA) is 73.6 Å². The maximum atomic E-state index is 11.6. The lowest BCUT2D eigenvalue weighted by Gasteiger charge is -2.11. The molecule has 3 N–H and O–H groups in total. The highest BCUT2D eigenvalue weighted by Gasteiger charge is 2.10. The zero-order chi connectivity index (χ0) is 14.8. The molecule has 0 saturated carbocycles.